The summed E-state index contributed by atoms with van der Waals surface area (Å²) in [5.41, 5.74) is 2.05. The average Bonchev–Trinajstić information content (AvgIpc) is 2.83. The lowest BCUT2D eigenvalue weighted by Crippen LogP contribution is -2.37. The Balaban J connectivity index is 1.91. The van der Waals surface area contributed by atoms with E-state index in [4.69, 9.17) is 9.47 Å². The molecule has 2 aromatic rings. The molecular formula is C22H32N8O3. The van der Waals surface area contributed by atoms with Crippen LogP contribution < -0.4 is 25.2 Å². The highest BCUT2D eigenvalue weighted by molar-refractivity contribution is 6.02. The van der Waals surface area contributed by atoms with Gasteiger partial charge < -0.3 is 34.8 Å². The minimum atomic E-state index is -0.303. The summed E-state index contributed by atoms with van der Waals surface area (Å²) in [4.78, 5) is 31.4. The van der Waals surface area contributed by atoms with Crippen LogP contribution in [0.5, 0.6) is 5.75 Å². The third-order valence-electron chi connectivity index (χ3n) is 5.15. The Morgan fingerprint density at radius 2 is 1.97 bits per heavy atom. The molecular weight excluding hydrogens is 424 g/mol. The van der Waals surface area contributed by atoms with Crippen molar-refractivity contribution in [1.82, 2.24) is 19.9 Å². The van der Waals surface area contributed by atoms with Crippen LogP contribution in [0.15, 0.2) is 31.1 Å². The number of carbonyl (C=O) groups excluding carboxylic acids is 1. The summed E-state index contributed by atoms with van der Waals surface area (Å²) in [5, 5.41) is 6.09. The Hall–Kier alpha value is -3.44. The number of methoxy groups -OCH3 is 1. The number of hydrogen-bond acceptors (Lipinski definition) is 10. The number of hydrogen-bond donors (Lipinski definition) is 2. The molecule has 0 radical (unpaired) electrons. The van der Waals surface area contributed by atoms with Gasteiger partial charge >= 0.3 is 0 Å². The minimum absolute atomic E-state index is 0.303. The molecule has 0 spiro atoms. The van der Waals surface area contributed by atoms with Crippen LogP contribution in [0.4, 0.5) is 29.0 Å². The van der Waals surface area contributed by atoms with Gasteiger partial charge in [0.25, 0.3) is 0 Å². The van der Waals surface area contributed by atoms with Crippen molar-refractivity contribution in [1.29, 1.82) is 0 Å². The van der Waals surface area contributed by atoms with Gasteiger partial charge in [-0.15, -0.1) is 0 Å². The lowest BCUT2D eigenvalue weighted by atomic mass is 10.2. The van der Waals surface area contributed by atoms with Crippen molar-refractivity contribution in [2.24, 2.45) is 0 Å². The molecule has 1 fully saturated rings. The molecule has 1 saturated heterocycles. The lowest BCUT2D eigenvalue weighted by molar-refractivity contribution is -0.111. The Kier molecular flexibility index (Phi) is 8.39. The number of morpholine rings is 1. The van der Waals surface area contributed by atoms with Gasteiger partial charge in [0.05, 0.1) is 37.4 Å². The fourth-order valence-corrected chi connectivity index (χ4v) is 3.29. The lowest BCUT2D eigenvalue weighted by Gasteiger charge is -2.27. The van der Waals surface area contributed by atoms with Crippen molar-refractivity contribution in [3.8, 4) is 5.75 Å². The Bertz CT molecular complexity index is 963. The molecule has 0 atom stereocenters. The standard InChI is InChI=1S/C22H32N8O3/c1-6-20(31)25-16-13-17(19(32-5)14-18(16)29(4)8-7-28(2)3)26-21-23-15-24-22(27-21)30-9-11-33-12-10-30/h6,13-15H,1,7-12H2,2-5H3,(H,25,31)(H,23,24,26,27). The zero-order valence-corrected chi connectivity index (χ0v) is 19.7. The molecule has 1 aromatic carbocycles. The largest absolute Gasteiger partial charge is 0.494 e. The highest BCUT2D eigenvalue weighted by Gasteiger charge is 2.18. The van der Waals surface area contributed by atoms with E-state index >= 15 is 0 Å². The van der Waals surface area contributed by atoms with E-state index < -0.39 is 0 Å². The maximum Gasteiger partial charge on any atom is 0.247 e. The number of benzene rings is 1. The number of nitrogens with zero attached hydrogens (tertiary/aromatic N) is 6. The number of ether oxygens (including phenoxy) is 2. The number of carbonyl (C=O) groups is 1. The number of nitrogens with one attached hydrogen (secondary N) is 2. The van der Waals surface area contributed by atoms with Crippen LogP contribution in [0.2, 0.25) is 0 Å². The zero-order valence-electron chi connectivity index (χ0n) is 19.7. The SMILES string of the molecule is C=CC(=O)Nc1cc(Nc2ncnc(N3CCOCC3)n2)c(OC)cc1N(C)CCN(C)C. The molecule has 11 nitrogen and oxygen atoms in total. The summed E-state index contributed by atoms with van der Waals surface area (Å²) in [6, 6.07) is 3.68. The van der Waals surface area contributed by atoms with Crippen LogP contribution in [0.1, 0.15) is 0 Å². The predicted octanol–water partition coefficient (Wildman–Crippen LogP) is 1.58. The second-order valence-electron chi connectivity index (χ2n) is 7.82. The van der Waals surface area contributed by atoms with E-state index in [0.717, 1.165) is 31.9 Å². The van der Waals surface area contributed by atoms with Gasteiger partial charge in [0.1, 0.15) is 12.1 Å². The van der Waals surface area contributed by atoms with Crippen molar-refractivity contribution in [2.45, 2.75) is 0 Å². The number of aromatic nitrogens is 3. The maximum absolute atomic E-state index is 12.1. The molecule has 1 aromatic heterocycles. The Morgan fingerprint density at radius 3 is 2.64 bits per heavy atom. The normalized spacial score (nSPS) is 13.5. The highest BCUT2D eigenvalue weighted by atomic mass is 16.5. The summed E-state index contributed by atoms with van der Waals surface area (Å²) < 4.78 is 11.0. The Labute approximate surface area is 194 Å². The van der Waals surface area contributed by atoms with Gasteiger partial charge in [-0.3, -0.25) is 4.79 Å². The molecule has 1 amide bonds. The third-order valence-corrected chi connectivity index (χ3v) is 5.15. The second kappa shape index (κ2) is 11.4. The molecule has 1 aliphatic heterocycles. The first kappa shape index (κ1) is 24.2. The summed E-state index contributed by atoms with van der Waals surface area (Å²) in [6.45, 7) is 7.88. The summed E-state index contributed by atoms with van der Waals surface area (Å²) in [6.07, 6.45) is 2.71. The van der Waals surface area contributed by atoms with E-state index in [1.807, 2.05) is 32.1 Å². The number of amides is 1. The maximum atomic E-state index is 12.1. The van der Waals surface area contributed by atoms with Gasteiger partial charge in [-0.1, -0.05) is 6.58 Å². The van der Waals surface area contributed by atoms with Crippen LogP contribution >= 0.6 is 0 Å². The molecule has 1 aliphatic rings. The number of anilines is 5. The van der Waals surface area contributed by atoms with Crippen LogP contribution in [0.3, 0.4) is 0 Å². The molecule has 11 heteroatoms. The molecule has 3 rings (SSSR count). The second-order valence-corrected chi connectivity index (χ2v) is 7.82. The van der Waals surface area contributed by atoms with E-state index in [2.05, 4.69) is 42.0 Å². The van der Waals surface area contributed by atoms with E-state index in [1.54, 1.807) is 13.2 Å². The van der Waals surface area contributed by atoms with Gasteiger partial charge in [-0.2, -0.15) is 4.98 Å². The van der Waals surface area contributed by atoms with E-state index in [0.29, 0.717) is 42.2 Å². The quantitative estimate of drug-likeness (QED) is 0.512. The number of rotatable bonds is 10. The third kappa shape index (κ3) is 6.53. The first-order chi connectivity index (χ1) is 15.9. The fraction of sp³-hybridized carbons (Fsp3) is 0.455. The monoisotopic (exact) mass is 456 g/mol. The highest BCUT2D eigenvalue weighted by Crippen LogP contribution is 2.37. The number of likely N-dealkylation sites (N-methyl/N-ethyl adjacent to an activating group) is 2. The molecule has 178 valence electrons. The van der Waals surface area contributed by atoms with Gasteiger partial charge in [-0.05, 0) is 26.2 Å². The zero-order chi connectivity index (χ0) is 23.8. The first-order valence-electron chi connectivity index (χ1n) is 10.7. The molecule has 0 aliphatic carbocycles. The van der Waals surface area contributed by atoms with Gasteiger partial charge in [0.15, 0.2) is 0 Å². The van der Waals surface area contributed by atoms with Crippen molar-refractivity contribution in [3.63, 3.8) is 0 Å². The summed E-state index contributed by atoms with van der Waals surface area (Å²) >= 11 is 0. The van der Waals surface area contributed by atoms with Crippen LogP contribution in [0, 0.1) is 0 Å². The molecule has 0 bridgehead atoms. The summed E-state index contributed by atoms with van der Waals surface area (Å²) in [7, 11) is 7.59. The van der Waals surface area contributed by atoms with E-state index in [9.17, 15) is 4.79 Å². The smallest absolute Gasteiger partial charge is 0.247 e. The van der Waals surface area contributed by atoms with Gasteiger partial charge in [0.2, 0.25) is 17.8 Å². The Morgan fingerprint density at radius 1 is 1.21 bits per heavy atom. The molecule has 33 heavy (non-hydrogen) atoms. The molecule has 0 saturated carbocycles. The van der Waals surface area contributed by atoms with Crippen molar-refractivity contribution >= 4 is 34.9 Å². The topological polar surface area (TPSA) is 108 Å². The van der Waals surface area contributed by atoms with E-state index in [1.165, 1.54) is 12.4 Å². The molecule has 0 unspecified atom stereocenters. The fourth-order valence-electron chi connectivity index (χ4n) is 3.29. The van der Waals surface area contributed by atoms with Crippen LogP contribution in [-0.2, 0) is 9.53 Å². The van der Waals surface area contributed by atoms with Crippen molar-refractivity contribution in [3.05, 3.63) is 31.1 Å². The minimum Gasteiger partial charge on any atom is -0.494 e. The van der Waals surface area contributed by atoms with E-state index in [-0.39, 0.29) is 5.91 Å². The van der Waals surface area contributed by atoms with Gasteiger partial charge in [-0.25, -0.2) is 9.97 Å². The summed E-state index contributed by atoms with van der Waals surface area (Å²) in [5.74, 6) is 1.24. The van der Waals surface area contributed by atoms with Crippen LogP contribution in [0.25, 0.3) is 0 Å². The average molecular weight is 457 g/mol. The van der Waals surface area contributed by atoms with Crippen molar-refractivity contribution in [2.75, 3.05) is 88.1 Å². The first-order valence-corrected chi connectivity index (χ1v) is 10.7. The predicted molar refractivity (Wildman–Crippen MR) is 130 cm³/mol. The van der Waals surface area contributed by atoms with Crippen molar-refractivity contribution < 1.29 is 14.3 Å². The van der Waals surface area contributed by atoms with Gasteiger partial charge in [0, 0.05) is 39.3 Å². The molecule has 2 N–H and O–H groups in total. The van der Waals surface area contributed by atoms with Crippen LogP contribution in [-0.4, -0.2) is 93.4 Å². The molecule has 2 heterocycles.